The molecule has 27 heavy (non-hydrogen) atoms. The molecule has 0 aromatic rings. The van der Waals surface area contributed by atoms with Crippen molar-refractivity contribution in [1.29, 1.82) is 0 Å². The van der Waals surface area contributed by atoms with Crippen molar-refractivity contribution in [3.8, 4) is 0 Å². The maximum Gasteiger partial charge on any atom is 0.311 e. The molecule has 8 nitrogen and oxygen atoms in total. The van der Waals surface area contributed by atoms with Crippen molar-refractivity contribution in [3.63, 3.8) is 0 Å². The Labute approximate surface area is 155 Å². The monoisotopic (exact) mass is 372 g/mol. The maximum atomic E-state index is 12.4. The van der Waals surface area contributed by atoms with Crippen LogP contribution >= 0.6 is 0 Å². The van der Waals surface area contributed by atoms with Crippen LogP contribution in [-0.2, 0) is 19.2 Å². The van der Waals surface area contributed by atoms with Crippen LogP contribution in [0.4, 0.5) is 0 Å². The summed E-state index contributed by atoms with van der Waals surface area (Å²) in [6.45, 7) is 0.200. The molecule has 1 saturated carbocycles. The van der Waals surface area contributed by atoms with Crippen molar-refractivity contribution in [2.45, 2.75) is 19.3 Å². The van der Waals surface area contributed by atoms with E-state index in [9.17, 15) is 29.4 Å². The SMILES string of the molecule is O=C=NC/C=C/CC12C=CC(C1)C(C(=O)O)C2(C/C=C/CN=C=O)C(=O)O. The molecule has 0 aliphatic heterocycles. The molecule has 2 aliphatic rings. The fourth-order valence-electron chi connectivity index (χ4n) is 4.48. The van der Waals surface area contributed by atoms with Gasteiger partial charge in [-0.2, -0.15) is 0 Å². The zero-order valence-electron chi connectivity index (χ0n) is 14.6. The van der Waals surface area contributed by atoms with Gasteiger partial charge in [-0.25, -0.2) is 19.6 Å². The number of hydrogen-bond donors (Lipinski definition) is 2. The molecule has 0 aromatic heterocycles. The van der Waals surface area contributed by atoms with E-state index >= 15 is 0 Å². The number of isocyanates is 2. The number of nitrogens with zero attached hydrogens (tertiary/aromatic N) is 2. The molecule has 0 radical (unpaired) electrons. The number of aliphatic carboxylic acids is 2. The highest BCUT2D eigenvalue weighted by atomic mass is 16.4. The van der Waals surface area contributed by atoms with Crippen LogP contribution in [0.2, 0.25) is 0 Å². The van der Waals surface area contributed by atoms with Crippen molar-refractivity contribution < 1.29 is 29.4 Å². The van der Waals surface area contributed by atoms with Crippen LogP contribution < -0.4 is 0 Å². The number of carboxylic acid groups (broad SMARTS) is 2. The van der Waals surface area contributed by atoms with E-state index in [2.05, 4.69) is 9.98 Å². The summed E-state index contributed by atoms with van der Waals surface area (Å²) >= 11 is 0. The molecule has 2 N–H and O–H groups in total. The highest BCUT2D eigenvalue weighted by molar-refractivity contribution is 5.87. The van der Waals surface area contributed by atoms with E-state index in [1.165, 1.54) is 18.2 Å². The molecule has 0 amide bonds. The largest absolute Gasteiger partial charge is 0.481 e. The summed E-state index contributed by atoms with van der Waals surface area (Å²) in [4.78, 5) is 51.4. The van der Waals surface area contributed by atoms with Gasteiger partial charge < -0.3 is 10.2 Å². The van der Waals surface area contributed by atoms with Crippen molar-refractivity contribution in [2.75, 3.05) is 13.1 Å². The molecule has 0 saturated heterocycles. The first kappa shape index (κ1) is 20.2. The fourth-order valence-corrected chi connectivity index (χ4v) is 4.48. The number of aliphatic imine (C=N–C) groups is 2. The van der Waals surface area contributed by atoms with E-state index in [1.54, 1.807) is 24.3 Å². The first-order valence-corrected chi connectivity index (χ1v) is 8.48. The maximum absolute atomic E-state index is 12.4. The quantitative estimate of drug-likeness (QED) is 0.342. The lowest BCUT2D eigenvalue weighted by Gasteiger charge is -2.43. The number of carbonyl (C=O) groups is 2. The van der Waals surface area contributed by atoms with Gasteiger partial charge in [-0.1, -0.05) is 36.5 Å². The van der Waals surface area contributed by atoms with Crippen molar-refractivity contribution in [3.05, 3.63) is 36.5 Å². The molecule has 0 spiro atoms. The zero-order chi connectivity index (χ0) is 19.9. The Morgan fingerprint density at radius 3 is 2.15 bits per heavy atom. The standard InChI is InChI=1S/C19H20N2O6/c22-12-20-9-3-1-6-18-8-5-14(11-18)15(16(24)25)19(18,17(26)27)7-2-4-10-21-13-23/h1-5,8,14-15H,6-7,9-11H2,(H,24,25)(H,26,27)/b3-1+,4-2+. The number of rotatable bonds is 10. The first-order valence-electron chi connectivity index (χ1n) is 8.48. The highest BCUT2D eigenvalue weighted by Crippen LogP contribution is 2.67. The summed E-state index contributed by atoms with van der Waals surface area (Å²) in [6, 6.07) is 0. The van der Waals surface area contributed by atoms with Gasteiger partial charge in [0.05, 0.1) is 24.4 Å². The van der Waals surface area contributed by atoms with E-state index in [0.717, 1.165) is 0 Å². The third kappa shape index (κ3) is 3.58. The van der Waals surface area contributed by atoms with Crippen LogP contribution in [0, 0.1) is 22.7 Å². The number of allylic oxidation sites excluding steroid dienone is 4. The van der Waals surface area contributed by atoms with Crippen LogP contribution in [0.25, 0.3) is 0 Å². The van der Waals surface area contributed by atoms with E-state index in [-0.39, 0.29) is 25.4 Å². The molecular weight excluding hydrogens is 352 g/mol. The highest BCUT2D eigenvalue weighted by Gasteiger charge is 2.70. The molecule has 0 heterocycles. The molecule has 2 rings (SSSR count). The summed E-state index contributed by atoms with van der Waals surface area (Å²) in [7, 11) is 0. The molecule has 2 aliphatic carbocycles. The van der Waals surface area contributed by atoms with Crippen molar-refractivity contribution >= 4 is 24.1 Å². The first-order chi connectivity index (χ1) is 12.9. The van der Waals surface area contributed by atoms with Crippen LogP contribution in [0.3, 0.4) is 0 Å². The number of carboxylic acids is 2. The minimum atomic E-state index is -1.52. The van der Waals surface area contributed by atoms with E-state index < -0.39 is 28.7 Å². The molecule has 2 bridgehead atoms. The smallest absolute Gasteiger partial charge is 0.311 e. The third-order valence-electron chi connectivity index (χ3n) is 5.54. The van der Waals surface area contributed by atoms with Crippen molar-refractivity contribution in [2.24, 2.45) is 32.7 Å². The number of fused-ring (bicyclic) bond motifs is 2. The van der Waals surface area contributed by atoms with Crippen molar-refractivity contribution in [1.82, 2.24) is 0 Å². The lowest BCUT2D eigenvalue weighted by atomic mass is 9.57. The Kier molecular flexibility index (Phi) is 6.40. The molecular formula is C19H20N2O6. The molecule has 142 valence electrons. The van der Waals surface area contributed by atoms with Gasteiger partial charge in [-0.3, -0.25) is 9.59 Å². The summed E-state index contributed by atoms with van der Waals surface area (Å²) in [5, 5.41) is 19.9. The van der Waals surface area contributed by atoms with Gasteiger partial charge in [-0.05, 0) is 25.2 Å². The Bertz CT molecular complexity index is 788. The minimum absolute atomic E-state index is 0.00878. The van der Waals surface area contributed by atoms with Gasteiger partial charge in [0.25, 0.3) is 0 Å². The Hall–Kier alpha value is -3.08. The van der Waals surface area contributed by atoms with Gasteiger partial charge in [0.2, 0.25) is 12.2 Å². The Morgan fingerprint density at radius 2 is 1.63 bits per heavy atom. The van der Waals surface area contributed by atoms with E-state index in [4.69, 9.17) is 0 Å². The summed E-state index contributed by atoms with van der Waals surface area (Å²) < 4.78 is 0. The number of carbonyl (C=O) groups excluding carboxylic acids is 2. The second-order valence-electron chi connectivity index (χ2n) is 6.69. The Balaban J connectivity index is 2.40. The predicted molar refractivity (Wildman–Crippen MR) is 94.4 cm³/mol. The molecule has 0 aromatic carbocycles. The molecule has 4 atom stereocenters. The van der Waals surface area contributed by atoms with E-state index in [1.807, 2.05) is 6.08 Å². The van der Waals surface area contributed by atoms with Crippen LogP contribution in [0.15, 0.2) is 46.4 Å². The molecule has 4 unspecified atom stereocenters. The Morgan fingerprint density at radius 1 is 1.04 bits per heavy atom. The van der Waals surface area contributed by atoms with Gasteiger partial charge in [-0.15, -0.1) is 0 Å². The van der Waals surface area contributed by atoms with Crippen LogP contribution in [0.5, 0.6) is 0 Å². The summed E-state index contributed by atoms with van der Waals surface area (Å²) in [5.41, 5.74) is -2.37. The van der Waals surface area contributed by atoms with E-state index in [0.29, 0.717) is 12.8 Å². The predicted octanol–water partition coefficient (Wildman–Crippen LogP) is 1.90. The van der Waals surface area contributed by atoms with Gasteiger partial charge in [0, 0.05) is 5.41 Å². The van der Waals surface area contributed by atoms with Gasteiger partial charge in [0.15, 0.2) is 0 Å². The summed E-state index contributed by atoms with van der Waals surface area (Å²) in [6.07, 6.45) is 13.7. The summed E-state index contributed by atoms with van der Waals surface area (Å²) in [5.74, 6) is -3.71. The van der Waals surface area contributed by atoms with Crippen LogP contribution in [-0.4, -0.2) is 47.4 Å². The topological polar surface area (TPSA) is 133 Å². The van der Waals surface area contributed by atoms with Crippen LogP contribution in [0.1, 0.15) is 19.3 Å². The fraction of sp³-hybridized carbons (Fsp3) is 0.474. The second kappa shape index (κ2) is 8.54. The minimum Gasteiger partial charge on any atom is -0.481 e. The second-order valence-corrected chi connectivity index (χ2v) is 6.69. The number of hydrogen-bond acceptors (Lipinski definition) is 6. The van der Waals surface area contributed by atoms with Gasteiger partial charge >= 0.3 is 11.9 Å². The normalized spacial score (nSPS) is 31.1. The average Bonchev–Trinajstić information content (AvgIpc) is 3.16. The molecule has 1 fully saturated rings. The van der Waals surface area contributed by atoms with Gasteiger partial charge in [0.1, 0.15) is 0 Å². The zero-order valence-corrected chi connectivity index (χ0v) is 14.6. The third-order valence-corrected chi connectivity index (χ3v) is 5.54. The average molecular weight is 372 g/mol. The lowest BCUT2D eigenvalue weighted by molar-refractivity contribution is -0.167. The lowest BCUT2D eigenvalue weighted by Crippen LogP contribution is -2.50. The molecule has 8 heteroatoms.